The Morgan fingerprint density at radius 3 is 2.39 bits per heavy atom. The first-order chi connectivity index (χ1) is 14.9. The second-order valence-electron chi connectivity index (χ2n) is 8.68. The molecule has 2 aliphatic rings. The van der Waals surface area contributed by atoms with Crippen LogP contribution in [0.15, 0.2) is 42.5 Å². The molecule has 0 radical (unpaired) electrons. The van der Waals surface area contributed by atoms with E-state index in [1.165, 1.54) is 23.4 Å². The smallest absolute Gasteiger partial charge is 0.261 e. The maximum absolute atomic E-state index is 12.5. The van der Waals surface area contributed by atoms with Crippen molar-refractivity contribution in [3.05, 3.63) is 59.2 Å². The summed E-state index contributed by atoms with van der Waals surface area (Å²) in [5.41, 5.74) is 3.80. The number of fused-ring (bicyclic) bond motifs is 1. The summed E-state index contributed by atoms with van der Waals surface area (Å²) >= 11 is 0. The van der Waals surface area contributed by atoms with Gasteiger partial charge in [0.15, 0.2) is 0 Å². The highest BCUT2D eigenvalue weighted by molar-refractivity contribution is 6.21. The van der Waals surface area contributed by atoms with Crippen molar-refractivity contribution >= 4 is 29.1 Å². The van der Waals surface area contributed by atoms with E-state index in [1.54, 1.807) is 12.1 Å². The SMILES string of the molecule is Cc1ccc2c(c1)C(=O)N(CCCC(=O)Nc1ccc(N3CCC(C)CC3)cc1)C2=O. The zero-order valence-electron chi connectivity index (χ0n) is 18.2. The number of hydrogen-bond acceptors (Lipinski definition) is 4. The van der Waals surface area contributed by atoms with Crippen LogP contribution in [0.1, 0.15) is 58.9 Å². The van der Waals surface area contributed by atoms with Gasteiger partial charge in [-0.15, -0.1) is 0 Å². The van der Waals surface area contributed by atoms with Gasteiger partial charge in [-0.3, -0.25) is 19.3 Å². The van der Waals surface area contributed by atoms with Crippen molar-refractivity contribution < 1.29 is 14.4 Å². The Morgan fingerprint density at radius 2 is 1.68 bits per heavy atom. The summed E-state index contributed by atoms with van der Waals surface area (Å²) in [7, 11) is 0. The summed E-state index contributed by atoms with van der Waals surface area (Å²) in [4.78, 5) is 40.9. The van der Waals surface area contributed by atoms with Gasteiger partial charge >= 0.3 is 0 Å². The molecule has 4 rings (SSSR count). The lowest BCUT2D eigenvalue weighted by Crippen LogP contribution is -2.32. The third-order valence-corrected chi connectivity index (χ3v) is 6.21. The molecule has 1 N–H and O–H groups in total. The number of aryl methyl sites for hydroxylation is 1. The molecule has 6 heteroatoms. The molecule has 0 atom stereocenters. The number of rotatable bonds is 6. The molecule has 31 heavy (non-hydrogen) atoms. The summed E-state index contributed by atoms with van der Waals surface area (Å²) < 4.78 is 0. The van der Waals surface area contributed by atoms with Crippen molar-refractivity contribution in [2.75, 3.05) is 29.9 Å². The molecule has 0 aromatic heterocycles. The van der Waals surface area contributed by atoms with Crippen LogP contribution in [0.5, 0.6) is 0 Å². The molecule has 2 aromatic carbocycles. The zero-order chi connectivity index (χ0) is 22.0. The molecule has 0 bridgehead atoms. The first-order valence-corrected chi connectivity index (χ1v) is 11.0. The Morgan fingerprint density at radius 1 is 1.00 bits per heavy atom. The lowest BCUT2D eigenvalue weighted by atomic mass is 9.99. The van der Waals surface area contributed by atoms with Gasteiger partial charge < -0.3 is 10.2 Å². The van der Waals surface area contributed by atoms with E-state index in [2.05, 4.69) is 17.1 Å². The monoisotopic (exact) mass is 419 g/mol. The maximum Gasteiger partial charge on any atom is 0.261 e. The minimum atomic E-state index is -0.275. The third kappa shape index (κ3) is 4.63. The number of nitrogens with zero attached hydrogens (tertiary/aromatic N) is 2. The molecule has 162 valence electrons. The fraction of sp³-hybridized carbons (Fsp3) is 0.400. The van der Waals surface area contributed by atoms with Crippen molar-refractivity contribution in [2.45, 2.75) is 39.5 Å². The first-order valence-electron chi connectivity index (χ1n) is 11.0. The molecule has 2 heterocycles. The van der Waals surface area contributed by atoms with E-state index in [0.29, 0.717) is 17.5 Å². The number of anilines is 2. The summed E-state index contributed by atoms with van der Waals surface area (Å²) in [5, 5.41) is 2.91. The highest BCUT2D eigenvalue weighted by Gasteiger charge is 2.34. The van der Waals surface area contributed by atoms with E-state index < -0.39 is 0 Å². The molecule has 2 aliphatic heterocycles. The Balaban J connectivity index is 1.25. The lowest BCUT2D eigenvalue weighted by molar-refractivity contribution is -0.116. The molecule has 0 unspecified atom stereocenters. The van der Waals surface area contributed by atoms with Crippen LogP contribution < -0.4 is 10.2 Å². The number of carbonyl (C=O) groups excluding carboxylic acids is 3. The van der Waals surface area contributed by atoms with Crippen LogP contribution in [-0.2, 0) is 4.79 Å². The van der Waals surface area contributed by atoms with Crippen molar-refractivity contribution in [1.82, 2.24) is 4.90 Å². The highest BCUT2D eigenvalue weighted by atomic mass is 16.2. The van der Waals surface area contributed by atoms with Crippen molar-refractivity contribution in [2.24, 2.45) is 5.92 Å². The van der Waals surface area contributed by atoms with E-state index in [9.17, 15) is 14.4 Å². The Bertz CT molecular complexity index is 992. The quantitative estimate of drug-likeness (QED) is 0.711. The van der Waals surface area contributed by atoms with Crippen molar-refractivity contribution in [3.63, 3.8) is 0 Å². The number of imide groups is 1. The normalized spacial score (nSPS) is 16.6. The van der Waals surface area contributed by atoms with Gasteiger partial charge in [-0.05, 0) is 68.5 Å². The van der Waals surface area contributed by atoms with Crippen LogP contribution in [0.3, 0.4) is 0 Å². The molecule has 1 fully saturated rings. The van der Waals surface area contributed by atoms with Gasteiger partial charge in [-0.25, -0.2) is 0 Å². The van der Waals surface area contributed by atoms with Gasteiger partial charge in [-0.2, -0.15) is 0 Å². The molecule has 6 nitrogen and oxygen atoms in total. The van der Waals surface area contributed by atoms with Gasteiger partial charge in [0.05, 0.1) is 11.1 Å². The summed E-state index contributed by atoms with van der Waals surface area (Å²) in [6.45, 7) is 6.58. The molecule has 2 aromatic rings. The third-order valence-electron chi connectivity index (χ3n) is 6.21. The van der Waals surface area contributed by atoms with Crippen LogP contribution in [0.4, 0.5) is 11.4 Å². The number of piperidine rings is 1. The Hall–Kier alpha value is -3.15. The topological polar surface area (TPSA) is 69.7 Å². The second-order valence-corrected chi connectivity index (χ2v) is 8.68. The molecular formula is C25H29N3O3. The minimum Gasteiger partial charge on any atom is -0.372 e. The fourth-order valence-electron chi connectivity index (χ4n) is 4.25. The molecule has 1 saturated heterocycles. The molecule has 0 spiro atoms. The number of amides is 3. The van der Waals surface area contributed by atoms with Gasteiger partial charge in [0, 0.05) is 37.4 Å². The number of nitrogens with one attached hydrogen (secondary N) is 1. The van der Waals surface area contributed by atoms with E-state index in [-0.39, 0.29) is 30.7 Å². The van der Waals surface area contributed by atoms with Crippen LogP contribution >= 0.6 is 0 Å². The van der Waals surface area contributed by atoms with E-state index in [1.807, 2.05) is 37.3 Å². The lowest BCUT2D eigenvalue weighted by Gasteiger charge is -2.32. The van der Waals surface area contributed by atoms with Gasteiger partial charge in [0.2, 0.25) is 5.91 Å². The average Bonchev–Trinajstić information content (AvgIpc) is 2.99. The molecule has 0 aliphatic carbocycles. The first kappa shape index (κ1) is 21.1. The maximum atomic E-state index is 12.5. The zero-order valence-corrected chi connectivity index (χ0v) is 18.2. The Labute approximate surface area is 183 Å². The van der Waals surface area contributed by atoms with Crippen LogP contribution in [0.25, 0.3) is 0 Å². The molecule has 0 saturated carbocycles. The van der Waals surface area contributed by atoms with Crippen LogP contribution in [0.2, 0.25) is 0 Å². The van der Waals surface area contributed by atoms with Crippen LogP contribution in [0, 0.1) is 12.8 Å². The number of hydrogen-bond donors (Lipinski definition) is 1. The second kappa shape index (κ2) is 8.92. The predicted octanol–water partition coefficient (Wildman–Crippen LogP) is 4.25. The van der Waals surface area contributed by atoms with Crippen molar-refractivity contribution in [3.8, 4) is 0 Å². The van der Waals surface area contributed by atoms with E-state index in [4.69, 9.17) is 0 Å². The summed E-state index contributed by atoms with van der Waals surface area (Å²) in [5.74, 6) is 0.126. The standard InChI is InChI=1S/C25H29N3O3/c1-17-11-14-27(15-12-17)20-8-6-19(7-9-20)26-23(29)4-3-13-28-24(30)21-10-5-18(2)16-22(21)25(28)31/h5-10,16-17H,3-4,11-15H2,1-2H3,(H,26,29). The van der Waals surface area contributed by atoms with Gasteiger partial charge in [0.25, 0.3) is 11.8 Å². The highest BCUT2D eigenvalue weighted by Crippen LogP contribution is 2.25. The molecular weight excluding hydrogens is 390 g/mol. The van der Waals surface area contributed by atoms with Crippen LogP contribution in [-0.4, -0.2) is 42.3 Å². The molecule has 3 amide bonds. The van der Waals surface area contributed by atoms with E-state index >= 15 is 0 Å². The average molecular weight is 420 g/mol. The van der Waals surface area contributed by atoms with Crippen molar-refractivity contribution in [1.29, 1.82) is 0 Å². The fourth-order valence-corrected chi connectivity index (χ4v) is 4.25. The largest absolute Gasteiger partial charge is 0.372 e. The number of benzene rings is 2. The summed E-state index contributed by atoms with van der Waals surface area (Å²) in [6.07, 6.45) is 3.11. The predicted molar refractivity (Wildman–Crippen MR) is 121 cm³/mol. The number of carbonyl (C=O) groups is 3. The van der Waals surface area contributed by atoms with E-state index in [0.717, 1.165) is 30.3 Å². The summed E-state index contributed by atoms with van der Waals surface area (Å²) in [6, 6.07) is 13.2. The van der Waals surface area contributed by atoms with Gasteiger partial charge in [0.1, 0.15) is 0 Å². The minimum absolute atomic E-state index is 0.119. The van der Waals surface area contributed by atoms with Gasteiger partial charge in [-0.1, -0.05) is 18.6 Å². The Kier molecular flexibility index (Phi) is 6.07.